The first-order chi connectivity index (χ1) is 6.79. The number of aliphatic hydroxyl groups excluding tert-OH is 1. The van der Waals surface area contributed by atoms with Crippen molar-refractivity contribution >= 4 is 25.8 Å². The van der Waals surface area contributed by atoms with E-state index in [0.717, 1.165) is 12.3 Å². The Morgan fingerprint density at radius 1 is 1.53 bits per heavy atom. The molecule has 0 radical (unpaired) electrons. The molecule has 6 heteroatoms. The van der Waals surface area contributed by atoms with Crippen molar-refractivity contribution in [3.8, 4) is 0 Å². The third-order valence-electron chi connectivity index (χ3n) is 1.78. The van der Waals surface area contributed by atoms with Crippen LogP contribution in [0.2, 0.25) is 0 Å². The minimum absolute atomic E-state index is 0.237. The van der Waals surface area contributed by atoms with Crippen LogP contribution in [0, 0.1) is 5.82 Å². The van der Waals surface area contributed by atoms with Gasteiger partial charge in [-0.3, -0.25) is 0 Å². The maximum Gasteiger partial charge on any atom is 0.150 e. The second-order valence-electron chi connectivity index (χ2n) is 3.27. The van der Waals surface area contributed by atoms with Gasteiger partial charge in [0.2, 0.25) is 0 Å². The van der Waals surface area contributed by atoms with Gasteiger partial charge in [0.25, 0.3) is 0 Å². The Kier molecular flexibility index (Phi) is 3.86. The van der Waals surface area contributed by atoms with Gasteiger partial charge in [-0.25, -0.2) is 12.8 Å². The van der Waals surface area contributed by atoms with Crippen LogP contribution in [-0.4, -0.2) is 25.5 Å². The van der Waals surface area contributed by atoms with E-state index in [1.807, 2.05) is 0 Å². The first kappa shape index (κ1) is 12.6. The maximum absolute atomic E-state index is 12.9. The number of hydrogen-bond acceptors (Lipinski definition) is 3. The van der Waals surface area contributed by atoms with E-state index in [1.54, 1.807) is 0 Å². The van der Waals surface area contributed by atoms with Crippen molar-refractivity contribution in [3.05, 3.63) is 34.1 Å². The molecular formula is C9H10BrFO3S. The highest BCUT2D eigenvalue weighted by Gasteiger charge is 2.17. The van der Waals surface area contributed by atoms with Crippen LogP contribution in [0.3, 0.4) is 0 Å². The fraction of sp³-hybridized carbons (Fsp3) is 0.333. The molecule has 84 valence electrons. The highest BCUT2D eigenvalue weighted by Crippen LogP contribution is 2.25. The minimum Gasteiger partial charge on any atom is -0.387 e. The molecule has 0 saturated heterocycles. The van der Waals surface area contributed by atoms with Crippen molar-refractivity contribution < 1.29 is 17.9 Å². The molecular weight excluding hydrogens is 287 g/mol. The summed E-state index contributed by atoms with van der Waals surface area (Å²) in [5.74, 6) is -0.935. The second kappa shape index (κ2) is 4.59. The van der Waals surface area contributed by atoms with Crippen LogP contribution in [0.1, 0.15) is 11.7 Å². The van der Waals surface area contributed by atoms with Crippen molar-refractivity contribution in [3.63, 3.8) is 0 Å². The fourth-order valence-electron chi connectivity index (χ4n) is 1.15. The van der Waals surface area contributed by atoms with E-state index in [4.69, 9.17) is 0 Å². The average molecular weight is 297 g/mol. The number of halogens is 2. The lowest BCUT2D eigenvalue weighted by molar-refractivity contribution is 0.200. The van der Waals surface area contributed by atoms with E-state index >= 15 is 0 Å². The molecule has 0 bridgehead atoms. The van der Waals surface area contributed by atoms with E-state index in [0.29, 0.717) is 4.47 Å². The van der Waals surface area contributed by atoms with Crippen LogP contribution in [0.5, 0.6) is 0 Å². The molecule has 15 heavy (non-hydrogen) atoms. The largest absolute Gasteiger partial charge is 0.387 e. The number of benzene rings is 1. The summed E-state index contributed by atoms with van der Waals surface area (Å²) in [5.41, 5.74) is 0.237. The third kappa shape index (κ3) is 3.89. The van der Waals surface area contributed by atoms with Crippen molar-refractivity contribution in [2.75, 3.05) is 12.0 Å². The molecule has 1 rings (SSSR count). The molecule has 0 fully saturated rings. The molecule has 0 aliphatic rings. The van der Waals surface area contributed by atoms with E-state index in [2.05, 4.69) is 15.9 Å². The zero-order chi connectivity index (χ0) is 11.6. The predicted molar refractivity (Wildman–Crippen MR) is 58.8 cm³/mol. The summed E-state index contributed by atoms with van der Waals surface area (Å²) >= 11 is 3.12. The number of aliphatic hydroxyl groups is 1. The van der Waals surface area contributed by atoms with E-state index < -0.39 is 27.5 Å². The molecule has 1 atom stereocenters. The van der Waals surface area contributed by atoms with Crippen LogP contribution >= 0.6 is 15.9 Å². The van der Waals surface area contributed by atoms with Gasteiger partial charge >= 0.3 is 0 Å². The summed E-state index contributed by atoms with van der Waals surface area (Å²) in [4.78, 5) is 0. The van der Waals surface area contributed by atoms with E-state index in [-0.39, 0.29) is 5.56 Å². The fourth-order valence-corrected chi connectivity index (χ4v) is 2.41. The lowest BCUT2D eigenvalue weighted by Crippen LogP contribution is -2.13. The van der Waals surface area contributed by atoms with E-state index in [9.17, 15) is 17.9 Å². The molecule has 3 nitrogen and oxygen atoms in total. The summed E-state index contributed by atoms with van der Waals surface area (Å²) < 4.78 is 35.2. The van der Waals surface area contributed by atoms with Gasteiger partial charge in [-0.15, -0.1) is 0 Å². The molecule has 1 aromatic carbocycles. The first-order valence-electron chi connectivity index (χ1n) is 4.10. The normalized spacial score (nSPS) is 13.9. The average Bonchev–Trinajstić information content (AvgIpc) is 2.06. The number of hydrogen-bond donors (Lipinski definition) is 1. The Morgan fingerprint density at radius 2 is 2.13 bits per heavy atom. The van der Waals surface area contributed by atoms with Crippen LogP contribution in [0.15, 0.2) is 22.7 Å². The van der Waals surface area contributed by atoms with Gasteiger partial charge in [0, 0.05) is 10.7 Å². The Hall–Kier alpha value is -0.460. The monoisotopic (exact) mass is 296 g/mol. The highest BCUT2D eigenvalue weighted by atomic mass is 79.9. The summed E-state index contributed by atoms with van der Waals surface area (Å²) in [6.45, 7) is 0. The van der Waals surface area contributed by atoms with Crippen molar-refractivity contribution in [2.24, 2.45) is 0 Å². The molecule has 0 amide bonds. The molecule has 0 spiro atoms. The van der Waals surface area contributed by atoms with Gasteiger partial charge < -0.3 is 5.11 Å². The van der Waals surface area contributed by atoms with Crippen LogP contribution < -0.4 is 0 Å². The van der Waals surface area contributed by atoms with E-state index in [1.165, 1.54) is 12.1 Å². The zero-order valence-electron chi connectivity index (χ0n) is 7.94. The van der Waals surface area contributed by atoms with Gasteiger partial charge in [0.15, 0.2) is 0 Å². The molecule has 0 saturated carbocycles. The minimum atomic E-state index is -3.29. The SMILES string of the molecule is CS(=O)(=O)CC(O)c1cc(F)ccc1Br. The standard InChI is InChI=1S/C9H10BrFO3S/c1-15(13,14)5-9(12)7-4-6(11)2-3-8(7)10/h2-4,9,12H,5H2,1H3. The Bertz CT molecular complexity index is 458. The topological polar surface area (TPSA) is 54.4 Å². The summed E-state index contributed by atoms with van der Waals surface area (Å²) in [6.07, 6.45) is -0.200. The number of sulfone groups is 1. The lowest BCUT2D eigenvalue weighted by atomic mass is 10.1. The second-order valence-corrected chi connectivity index (χ2v) is 6.31. The summed E-state index contributed by atoms with van der Waals surface area (Å²) in [7, 11) is -3.29. The molecule has 0 aliphatic carbocycles. The van der Waals surface area contributed by atoms with Gasteiger partial charge in [-0.2, -0.15) is 0 Å². The molecule has 0 aliphatic heterocycles. The first-order valence-corrected chi connectivity index (χ1v) is 6.95. The highest BCUT2D eigenvalue weighted by molar-refractivity contribution is 9.10. The lowest BCUT2D eigenvalue weighted by Gasteiger charge is -2.11. The van der Waals surface area contributed by atoms with Crippen LogP contribution in [-0.2, 0) is 9.84 Å². The third-order valence-corrected chi connectivity index (χ3v) is 3.42. The Balaban J connectivity index is 3.00. The maximum atomic E-state index is 12.9. The smallest absolute Gasteiger partial charge is 0.150 e. The van der Waals surface area contributed by atoms with Crippen LogP contribution in [0.25, 0.3) is 0 Å². The van der Waals surface area contributed by atoms with Gasteiger partial charge in [-0.1, -0.05) is 15.9 Å². The van der Waals surface area contributed by atoms with Crippen molar-refractivity contribution in [1.82, 2.24) is 0 Å². The van der Waals surface area contributed by atoms with Crippen molar-refractivity contribution in [1.29, 1.82) is 0 Å². The Morgan fingerprint density at radius 3 is 2.67 bits per heavy atom. The molecule has 0 heterocycles. The molecule has 1 N–H and O–H groups in total. The zero-order valence-corrected chi connectivity index (χ0v) is 10.3. The van der Waals surface area contributed by atoms with Crippen molar-refractivity contribution in [2.45, 2.75) is 6.10 Å². The summed E-state index contributed by atoms with van der Waals surface area (Å²) in [5, 5.41) is 9.59. The predicted octanol–water partition coefficient (Wildman–Crippen LogP) is 1.67. The Labute approximate surface area is 96.0 Å². The van der Waals surface area contributed by atoms with Crippen LogP contribution in [0.4, 0.5) is 4.39 Å². The van der Waals surface area contributed by atoms with Gasteiger partial charge in [-0.05, 0) is 23.8 Å². The molecule has 1 unspecified atom stereocenters. The number of rotatable bonds is 3. The molecule has 1 aromatic rings. The van der Waals surface area contributed by atoms with Gasteiger partial charge in [0.05, 0.1) is 11.9 Å². The molecule has 0 aromatic heterocycles. The van der Waals surface area contributed by atoms with Gasteiger partial charge in [0.1, 0.15) is 15.7 Å². The summed E-state index contributed by atoms with van der Waals surface area (Å²) in [6, 6.07) is 3.76. The quantitative estimate of drug-likeness (QED) is 0.923.